The second-order valence-electron chi connectivity index (χ2n) is 10.2. The Morgan fingerprint density at radius 1 is 1.05 bits per heavy atom. The normalized spacial score (nSPS) is 17.9. The summed E-state index contributed by atoms with van der Waals surface area (Å²) in [7, 11) is 0. The van der Waals surface area contributed by atoms with E-state index in [1.165, 1.54) is 18.4 Å². The summed E-state index contributed by atoms with van der Waals surface area (Å²) in [5, 5.41) is 14.1. The number of aromatic nitrogens is 4. The number of nitrogens with two attached hydrogens (primary N) is 2. The minimum atomic E-state index is -0.306. The van der Waals surface area contributed by atoms with Gasteiger partial charge in [0, 0.05) is 31.7 Å². The number of hydrazine groups is 1. The summed E-state index contributed by atoms with van der Waals surface area (Å²) in [6, 6.07) is 8.32. The zero-order valence-electron chi connectivity index (χ0n) is 21.7. The molecule has 0 atom stereocenters. The molecule has 7 N–H and O–H groups in total. The summed E-state index contributed by atoms with van der Waals surface area (Å²) in [5.41, 5.74) is 10.5. The Labute approximate surface area is 221 Å². The number of nitrogens with zero attached hydrogens (tertiary/aromatic N) is 6. The Kier molecular flexibility index (Phi) is 8.29. The first-order chi connectivity index (χ1) is 18.6. The minimum absolute atomic E-state index is 0.306. The van der Waals surface area contributed by atoms with Crippen LogP contribution in [0.3, 0.4) is 0 Å². The van der Waals surface area contributed by atoms with Crippen LogP contribution in [0.25, 0.3) is 10.9 Å². The molecule has 202 valence electrons. The lowest BCUT2D eigenvalue weighted by atomic mass is 9.93. The zero-order chi connectivity index (χ0) is 26.3. The van der Waals surface area contributed by atoms with Gasteiger partial charge in [-0.05, 0) is 62.4 Å². The highest BCUT2D eigenvalue weighted by Gasteiger charge is 2.21. The summed E-state index contributed by atoms with van der Waals surface area (Å²) in [4.78, 5) is 26.8. The summed E-state index contributed by atoms with van der Waals surface area (Å²) >= 11 is 0. The number of anilines is 3. The quantitative estimate of drug-likeness (QED) is 0.129. The maximum Gasteiger partial charge on any atom is 0.277 e. The average Bonchev–Trinajstić information content (AvgIpc) is 3.21. The number of fused-ring (bicyclic) bond motifs is 1. The van der Waals surface area contributed by atoms with Crippen molar-refractivity contribution in [2.24, 2.45) is 22.6 Å². The molecule has 0 spiro atoms. The fourth-order valence-electron chi connectivity index (χ4n) is 5.36. The van der Waals surface area contributed by atoms with Gasteiger partial charge in [-0.15, -0.1) is 0 Å². The third kappa shape index (κ3) is 6.37. The molecular formula is C26H37N11O. The van der Waals surface area contributed by atoms with E-state index in [-0.39, 0.29) is 5.56 Å². The Bertz CT molecular complexity index is 1290. The molecule has 0 amide bonds. The van der Waals surface area contributed by atoms with Crippen molar-refractivity contribution >= 4 is 34.2 Å². The van der Waals surface area contributed by atoms with E-state index < -0.39 is 0 Å². The van der Waals surface area contributed by atoms with Crippen LogP contribution in [0, 0.1) is 5.92 Å². The number of aromatic amines is 1. The van der Waals surface area contributed by atoms with Gasteiger partial charge < -0.3 is 16.0 Å². The molecule has 0 bridgehead atoms. The number of benzene rings is 1. The smallest absolute Gasteiger partial charge is 0.277 e. The molecule has 2 aliphatic heterocycles. The molecule has 2 fully saturated rings. The van der Waals surface area contributed by atoms with Crippen molar-refractivity contribution in [3.8, 4) is 0 Å². The fourth-order valence-corrected chi connectivity index (χ4v) is 5.36. The lowest BCUT2D eigenvalue weighted by molar-refractivity contribution is 0.180. The van der Waals surface area contributed by atoms with Crippen LogP contribution in [0.2, 0.25) is 0 Å². The number of hydrazone groups is 1. The van der Waals surface area contributed by atoms with Gasteiger partial charge in [-0.3, -0.25) is 9.69 Å². The highest BCUT2D eigenvalue weighted by Crippen LogP contribution is 2.26. The summed E-state index contributed by atoms with van der Waals surface area (Å²) in [6.45, 7) is 4.77. The first-order valence-corrected chi connectivity index (χ1v) is 13.5. The van der Waals surface area contributed by atoms with Gasteiger partial charge in [0.25, 0.3) is 5.56 Å². The molecular weight excluding hydrogens is 482 g/mol. The highest BCUT2D eigenvalue weighted by molar-refractivity contribution is 5.90. The fraction of sp³-hybridized carbons (Fsp3) is 0.500. The van der Waals surface area contributed by atoms with Crippen LogP contribution < -0.4 is 32.9 Å². The van der Waals surface area contributed by atoms with Gasteiger partial charge in [-0.2, -0.15) is 15.2 Å². The molecule has 38 heavy (non-hydrogen) atoms. The Balaban J connectivity index is 1.26. The number of amidine groups is 1. The van der Waals surface area contributed by atoms with E-state index in [9.17, 15) is 4.79 Å². The summed E-state index contributed by atoms with van der Waals surface area (Å²) in [6.07, 6.45) is 9.21. The molecule has 0 unspecified atom stereocenters. The third-order valence-corrected chi connectivity index (χ3v) is 7.43. The standard InChI is InChI=1S/C26H37N11O/c27-22(33-35-28)15-18-9-13-36(14-10-18)17-19-5-7-20(8-6-19)30-24-23-21(16-29-34-25(23)38)31-26(32-24)37-11-3-1-2-4-12-37/h5-8,16,18,35H,1-4,9-15,17,28H2,(H2,27,33)(H,34,38)(H,30,31,32). The van der Waals surface area contributed by atoms with E-state index in [2.05, 4.69) is 53.1 Å². The van der Waals surface area contributed by atoms with E-state index in [1.54, 1.807) is 6.20 Å². The SMILES string of the molecule is NN/N=C(\N)CC1CCN(Cc2ccc(Nc3nc(N4CCCCCC4)nc4cn[nH]c(=O)c34)cc2)CC1. The topological polar surface area (TPSA) is 166 Å². The lowest BCUT2D eigenvalue weighted by Crippen LogP contribution is -2.35. The number of likely N-dealkylation sites (tertiary alicyclic amines) is 1. The predicted octanol–water partition coefficient (Wildman–Crippen LogP) is 2.17. The molecule has 1 aromatic carbocycles. The van der Waals surface area contributed by atoms with Crippen molar-refractivity contribution in [2.45, 2.75) is 51.5 Å². The number of nitrogens with one attached hydrogen (secondary N) is 3. The van der Waals surface area contributed by atoms with Gasteiger partial charge in [0.05, 0.1) is 6.20 Å². The van der Waals surface area contributed by atoms with Gasteiger partial charge in [-0.1, -0.05) is 25.0 Å². The first-order valence-electron chi connectivity index (χ1n) is 13.5. The molecule has 0 aliphatic carbocycles. The van der Waals surface area contributed by atoms with Crippen molar-refractivity contribution in [3.05, 3.63) is 46.4 Å². The maximum atomic E-state index is 12.6. The Morgan fingerprint density at radius 2 is 1.79 bits per heavy atom. The molecule has 4 heterocycles. The number of piperidine rings is 1. The maximum absolute atomic E-state index is 12.6. The van der Waals surface area contributed by atoms with Crippen molar-refractivity contribution in [2.75, 3.05) is 36.4 Å². The molecule has 2 aromatic heterocycles. The van der Waals surface area contributed by atoms with Crippen LogP contribution in [0.15, 0.2) is 40.4 Å². The van der Waals surface area contributed by atoms with E-state index in [0.29, 0.717) is 34.4 Å². The van der Waals surface area contributed by atoms with Crippen LogP contribution in [0.5, 0.6) is 0 Å². The van der Waals surface area contributed by atoms with Crippen molar-refractivity contribution < 1.29 is 0 Å². The molecule has 12 nitrogen and oxygen atoms in total. The largest absolute Gasteiger partial charge is 0.386 e. The second-order valence-corrected chi connectivity index (χ2v) is 10.2. The monoisotopic (exact) mass is 519 g/mol. The second kappa shape index (κ2) is 12.2. The number of hydrogen-bond donors (Lipinski definition) is 5. The predicted molar refractivity (Wildman–Crippen MR) is 150 cm³/mol. The van der Waals surface area contributed by atoms with Gasteiger partial charge >= 0.3 is 0 Å². The minimum Gasteiger partial charge on any atom is -0.386 e. The van der Waals surface area contributed by atoms with Crippen LogP contribution in [0.1, 0.15) is 50.5 Å². The Morgan fingerprint density at radius 3 is 2.50 bits per heavy atom. The van der Waals surface area contributed by atoms with Crippen LogP contribution in [-0.2, 0) is 6.54 Å². The highest BCUT2D eigenvalue weighted by atomic mass is 16.1. The molecule has 0 saturated carbocycles. The van der Waals surface area contributed by atoms with Gasteiger partial charge in [0.1, 0.15) is 22.6 Å². The van der Waals surface area contributed by atoms with Crippen molar-refractivity contribution in [3.63, 3.8) is 0 Å². The van der Waals surface area contributed by atoms with Gasteiger partial charge in [0.2, 0.25) is 5.95 Å². The van der Waals surface area contributed by atoms with E-state index >= 15 is 0 Å². The molecule has 12 heteroatoms. The summed E-state index contributed by atoms with van der Waals surface area (Å²) in [5.74, 6) is 7.45. The molecule has 2 aliphatic rings. The van der Waals surface area contributed by atoms with E-state index in [4.69, 9.17) is 16.6 Å². The number of rotatable bonds is 8. The van der Waals surface area contributed by atoms with Crippen molar-refractivity contribution in [1.82, 2.24) is 30.6 Å². The summed E-state index contributed by atoms with van der Waals surface area (Å²) < 4.78 is 0. The molecule has 0 radical (unpaired) electrons. The molecule has 2 saturated heterocycles. The molecule has 3 aromatic rings. The zero-order valence-corrected chi connectivity index (χ0v) is 21.7. The van der Waals surface area contributed by atoms with E-state index in [0.717, 1.165) is 70.5 Å². The van der Waals surface area contributed by atoms with Crippen LogP contribution in [-0.4, -0.2) is 57.1 Å². The first kappa shape index (κ1) is 25.9. The third-order valence-electron chi connectivity index (χ3n) is 7.43. The van der Waals surface area contributed by atoms with Gasteiger partial charge in [-0.25, -0.2) is 21.5 Å². The van der Waals surface area contributed by atoms with Crippen molar-refractivity contribution in [1.29, 1.82) is 0 Å². The molecule has 5 rings (SSSR count). The average molecular weight is 520 g/mol. The van der Waals surface area contributed by atoms with Crippen LogP contribution in [0.4, 0.5) is 17.5 Å². The number of hydrogen-bond acceptors (Lipinski definition) is 10. The number of H-pyrrole nitrogens is 1. The van der Waals surface area contributed by atoms with Gasteiger partial charge in [0.15, 0.2) is 0 Å². The Hall–Kier alpha value is -3.77. The lowest BCUT2D eigenvalue weighted by Gasteiger charge is -2.31. The van der Waals surface area contributed by atoms with E-state index in [1.807, 2.05) is 12.1 Å². The van der Waals surface area contributed by atoms with Crippen LogP contribution >= 0.6 is 0 Å².